The summed E-state index contributed by atoms with van der Waals surface area (Å²) in [4.78, 5) is 17.8. The number of thiazole rings is 1. The Morgan fingerprint density at radius 1 is 1.45 bits per heavy atom. The lowest BCUT2D eigenvalue weighted by Crippen LogP contribution is -2.48. The van der Waals surface area contributed by atoms with Crippen molar-refractivity contribution >= 4 is 34.1 Å². The topological polar surface area (TPSA) is 63.2 Å². The van der Waals surface area contributed by atoms with E-state index < -0.39 is 0 Å². The molecule has 2 N–H and O–H groups in total. The van der Waals surface area contributed by atoms with Crippen LogP contribution in [-0.2, 0) is 9.53 Å². The molecule has 1 aromatic carbocycles. The number of carbonyl (C=O) groups excluding carboxylic acids is 1. The van der Waals surface area contributed by atoms with E-state index in [-0.39, 0.29) is 11.9 Å². The van der Waals surface area contributed by atoms with Gasteiger partial charge in [-0.25, -0.2) is 4.98 Å². The van der Waals surface area contributed by atoms with Crippen molar-refractivity contribution in [2.24, 2.45) is 0 Å². The maximum Gasteiger partial charge on any atom is 0.245 e. The van der Waals surface area contributed by atoms with Crippen molar-refractivity contribution in [1.29, 1.82) is 0 Å². The van der Waals surface area contributed by atoms with Gasteiger partial charge in [0.05, 0.1) is 18.9 Å². The first-order chi connectivity index (χ1) is 10.8. The molecule has 1 amide bonds. The van der Waals surface area contributed by atoms with Crippen molar-refractivity contribution in [3.8, 4) is 11.3 Å². The molecule has 1 atom stereocenters. The molecular weight excluding hydrogens is 318 g/mol. The molecule has 116 valence electrons. The maximum atomic E-state index is 12.1. The predicted molar refractivity (Wildman–Crippen MR) is 90.6 cm³/mol. The molecule has 2 heterocycles. The number of aromatic nitrogens is 1. The highest BCUT2D eigenvalue weighted by atomic mass is 32.2. The number of nitrogens with one attached hydrogen (secondary N) is 2. The first-order valence-corrected chi connectivity index (χ1v) is 9.08. The number of hydrogen-bond acceptors (Lipinski definition) is 6. The first kappa shape index (κ1) is 15.5. The highest BCUT2D eigenvalue weighted by Crippen LogP contribution is 2.26. The summed E-state index contributed by atoms with van der Waals surface area (Å²) in [5.74, 6) is -0.0988. The molecule has 1 unspecified atom stereocenters. The lowest BCUT2D eigenvalue weighted by Gasteiger charge is -2.22. The average molecular weight is 335 g/mol. The minimum absolute atomic E-state index is 0.0988. The summed E-state index contributed by atoms with van der Waals surface area (Å²) in [6.45, 7) is 1.75. The Balaban J connectivity index is 1.66. The van der Waals surface area contributed by atoms with Crippen LogP contribution in [0.3, 0.4) is 0 Å². The number of hydrogen-bond donors (Lipinski definition) is 2. The monoisotopic (exact) mass is 335 g/mol. The second kappa shape index (κ2) is 7.23. The molecule has 3 rings (SSSR count). The summed E-state index contributed by atoms with van der Waals surface area (Å²) in [5.41, 5.74) is 1.93. The molecule has 22 heavy (non-hydrogen) atoms. The number of anilines is 1. The second-order valence-electron chi connectivity index (χ2n) is 4.84. The Morgan fingerprint density at radius 2 is 2.27 bits per heavy atom. The van der Waals surface area contributed by atoms with Crippen LogP contribution < -0.4 is 10.6 Å². The summed E-state index contributed by atoms with van der Waals surface area (Å²) in [6.07, 6.45) is 2.05. The van der Waals surface area contributed by atoms with Gasteiger partial charge in [-0.1, -0.05) is 12.1 Å². The van der Waals surface area contributed by atoms with Crippen molar-refractivity contribution in [2.75, 3.05) is 31.3 Å². The zero-order valence-electron chi connectivity index (χ0n) is 12.2. The number of amides is 1. The molecule has 1 aromatic heterocycles. The van der Waals surface area contributed by atoms with E-state index in [0.29, 0.717) is 24.9 Å². The minimum atomic E-state index is -0.304. The van der Waals surface area contributed by atoms with Crippen LogP contribution >= 0.6 is 23.1 Å². The van der Waals surface area contributed by atoms with Crippen LogP contribution in [0.15, 0.2) is 34.5 Å². The Bertz CT molecular complexity index is 636. The number of rotatable bonds is 4. The maximum absolute atomic E-state index is 12.1. The molecule has 1 aliphatic heterocycles. The molecule has 0 bridgehead atoms. The normalized spacial score (nSPS) is 18.1. The van der Waals surface area contributed by atoms with Gasteiger partial charge >= 0.3 is 0 Å². The van der Waals surface area contributed by atoms with E-state index in [4.69, 9.17) is 4.74 Å². The summed E-state index contributed by atoms with van der Waals surface area (Å²) in [7, 11) is 0. The Labute approximate surface area is 137 Å². The van der Waals surface area contributed by atoms with Gasteiger partial charge in [0.25, 0.3) is 0 Å². The molecule has 5 nitrogen and oxygen atoms in total. The average Bonchev–Trinajstić information content (AvgIpc) is 3.04. The SMILES string of the molecule is CSc1ccc(-c2csc(NC(=O)C3COCCN3)n2)cc1. The van der Waals surface area contributed by atoms with Crippen molar-refractivity contribution in [1.82, 2.24) is 10.3 Å². The number of benzene rings is 1. The van der Waals surface area contributed by atoms with Crippen LogP contribution in [0.1, 0.15) is 0 Å². The highest BCUT2D eigenvalue weighted by molar-refractivity contribution is 7.98. The zero-order chi connectivity index (χ0) is 15.4. The third-order valence-electron chi connectivity index (χ3n) is 3.36. The lowest BCUT2D eigenvalue weighted by atomic mass is 10.2. The molecule has 0 aliphatic carbocycles. The van der Waals surface area contributed by atoms with Crippen molar-refractivity contribution in [3.63, 3.8) is 0 Å². The fourth-order valence-electron chi connectivity index (χ4n) is 2.15. The first-order valence-electron chi connectivity index (χ1n) is 6.98. The van der Waals surface area contributed by atoms with Gasteiger partial charge in [0.2, 0.25) is 5.91 Å². The highest BCUT2D eigenvalue weighted by Gasteiger charge is 2.22. The van der Waals surface area contributed by atoms with E-state index >= 15 is 0 Å². The molecule has 7 heteroatoms. The van der Waals surface area contributed by atoms with E-state index in [2.05, 4.69) is 34.0 Å². The largest absolute Gasteiger partial charge is 0.378 e. The molecule has 1 aliphatic rings. The van der Waals surface area contributed by atoms with Gasteiger partial charge < -0.3 is 15.4 Å². The molecule has 2 aromatic rings. The quantitative estimate of drug-likeness (QED) is 0.841. The van der Waals surface area contributed by atoms with Gasteiger partial charge in [-0.15, -0.1) is 23.1 Å². The molecule has 0 radical (unpaired) electrons. The van der Waals surface area contributed by atoms with Crippen LogP contribution in [0, 0.1) is 0 Å². The van der Waals surface area contributed by atoms with Crippen LogP contribution in [0.2, 0.25) is 0 Å². The van der Waals surface area contributed by atoms with Gasteiger partial charge in [0, 0.05) is 22.4 Å². The van der Waals surface area contributed by atoms with Gasteiger partial charge in [0.15, 0.2) is 5.13 Å². The van der Waals surface area contributed by atoms with E-state index in [0.717, 1.165) is 11.3 Å². The van der Waals surface area contributed by atoms with Gasteiger partial charge in [-0.3, -0.25) is 4.79 Å². The van der Waals surface area contributed by atoms with E-state index in [1.807, 2.05) is 17.5 Å². The van der Waals surface area contributed by atoms with E-state index in [9.17, 15) is 4.79 Å². The zero-order valence-corrected chi connectivity index (χ0v) is 13.8. The van der Waals surface area contributed by atoms with Crippen molar-refractivity contribution in [2.45, 2.75) is 10.9 Å². The number of ether oxygens (including phenoxy) is 1. The number of morpholine rings is 1. The lowest BCUT2D eigenvalue weighted by molar-refractivity contribution is -0.120. The summed E-state index contributed by atoms with van der Waals surface area (Å²) >= 11 is 3.14. The second-order valence-corrected chi connectivity index (χ2v) is 6.58. The number of carbonyl (C=O) groups is 1. The third kappa shape index (κ3) is 3.67. The standard InChI is InChI=1S/C15H17N3O2S2/c1-21-11-4-2-10(3-5-11)13-9-22-15(17-13)18-14(19)12-8-20-7-6-16-12/h2-5,9,12,16H,6-8H2,1H3,(H,17,18,19). The van der Waals surface area contributed by atoms with Crippen LogP contribution in [0.4, 0.5) is 5.13 Å². The Kier molecular flexibility index (Phi) is 5.09. The van der Waals surface area contributed by atoms with Gasteiger partial charge in [-0.2, -0.15) is 0 Å². The number of thioether (sulfide) groups is 1. The molecule has 0 spiro atoms. The number of nitrogens with zero attached hydrogens (tertiary/aromatic N) is 1. The summed E-state index contributed by atoms with van der Waals surface area (Å²) < 4.78 is 5.29. The van der Waals surface area contributed by atoms with Crippen LogP contribution in [-0.4, -0.2) is 42.9 Å². The van der Waals surface area contributed by atoms with Crippen LogP contribution in [0.5, 0.6) is 0 Å². The molecule has 0 saturated carbocycles. The van der Waals surface area contributed by atoms with Crippen molar-refractivity contribution < 1.29 is 9.53 Å². The molecule has 1 saturated heterocycles. The summed E-state index contributed by atoms with van der Waals surface area (Å²) in [5, 5.41) is 8.54. The molecule has 1 fully saturated rings. The predicted octanol–water partition coefficient (Wildman–Crippen LogP) is 2.46. The smallest absolute Gasteiger partial charge is 0.245 e. The Morgan fingerprint density at radius 3 is 2.95 bits per heavy atom. The van der Waals surface area contributed by atoms with Crippen molar-refractivity contribution in [3.05, 3.63) is 29.6 Å². The van der Waals surface area contributed by atoms with Crippen LogP contribution in [0.25, 0.3) is 11.3 Å². The fourth-order valence-corrected chi connectivity index (χ4v) is 3.28. The minimum Gasteiger partial charge on any atom is -0.378 e. The Hall–Kier alpha value is -1.41. The molecular formula is C15H17N3O2S2. The third-order valence-corrected chi connectivity index (χ3v) is 4.86. The van der Waals surface area contributed by atoms with Gasteiger partial charge in [0.1, 0.15) is 6.04 Å². The van der Waals surface area contributed by atoms with E-state index in [1.165, 1.54) is 16.2 Å². The fraction of sp³-hybridized carbons (Fsp3) is 0.333. The summed E-state index contributed by atoms with van der Waals surface area (Å²) in [6, 6.07) is 7.93. The van der Waals surface area contributed by atoms with E-state index in [1.54, 1.807) is 11.8 Å². The van der Waals surface area contributed by atoms with Gasteiger partial charge in [-0.05, 0) is 18.4 Å².